The minimum Gasteiger partial charge on any atom is -0.396 e. The third kappa shape index (κ3) is 3.98. The number of anilines is 1. The molecule has 0 bridgehead atoms. The van der Waals surface area contributed by atoms with E-state index in [0.717, 1.165) is 37.2 Å². The minimum atomic E-state index is 0.268. The van der Waals surface area contributed by atoms with E-state index in [-0.39, 0.29) is 6.61 Å². The Bertz CT molecular complexity index is 499. The van der Waals surface area contributed by atoms with Crippen LogP contribution < -0.4 is 5.32 Å². The zero-order chi connectivity index (χ0) is 13.5. The zero-order valence-corrected chi connectivity index (χ0v) is 11.5. The summed E-state index contributed by atoms with van der Waals surface area (Å²) in [5.41, 5.74) is 1.88. The van der Waals surface area contributed by atoms with Crippen molar-refractivity contribution in [1.82, 2.24) is 9.78 Å². The topological polar surface area (TPSA) is 50.1 Å². The fourth-order valence-electron chi connectivity index (χ4n) is 1.86. The van der Waals surface area contributed by atoms with Crippen molar-refractivity contribution in [3.63, 3.8) is 0 Å². The number of rotatable bonds is 7. The van der Waals surface area contributed by atoms with Crippen molar-refractivity contribution in [1.29, 1.82) is 0 Å². The minimum absolute atomic E-state index is 0.268. The molecule has 1 heterocycles. The lowest BCUT2D eigenvalue weighted by atomic mass is 10.2. The van der Waals surface area contributed by atoms with Crippen molar-refractivity contribution in [2.45, 2.75) is 19.3 Å². The summed E-state index contributed by atoms with van der Waals surface area (Å²) < 4.78 is 1.74. The number of benzene rings is 1. The van der Waals surface area contributed by atoms with Gasteiger partial charge in [0.1, 0.15) is 0 Å². The van der Waals surface area contributed by atoms with Crippen molar-refractivity contribution in [2.24, 2.45) is 0 Å². The van der Waals surface area contributed by atoms with Gasteiger partial charge in [0.2, 0.25) is 0 Å². The van der Waals surface area contributed by atoms with Gasteiger partial charge in [0, 0.05) is 31.2 Å². The third-order valence-electron chi connectivity index (χ3n) is 2.86. The number of halogens is 1. The number of hydrogen-bond acceptors (Lipinski definition) is 3. The van der Waals surface area contributed by atoms with Crippen molar-refractivity contribution >= 4 is 17.3 Å². The smallest absolute Gasteiger partial charge is 0.0833 e. The lowest BCUT2D eigenvalue weighted by Gasteiger charge is -2.09. The van der Waals surface area contributed by atoms with E-state index < -0.39 is 0 Å². The highest BCUT2D eigenvalue weighted by Crippen LogP contribution is 2.23. The zero-order valence-electron chi connectivity index (χ0n) is 10.7. The van der Waals surface area contributed by atoms with Gasteiger partial charge >= 0.3 is 0 Å². The predicted octanol–water partition coefficient (Wildman–Crippen LogP) is 3.10. The highest BCUT2D eigenvalue weighted by molar-refractivity contribution is 6.32. The van der Waals surface area contributed by atoms with Crippen LogP contribution in [-0.2, 0) is 0 Å². The van der Waals surface area contributed by atoms with Crippen molar-refractivity contribution in [2.75, 3.05) is 18.5 Å². The molecule has 0 unspecified atom stereocenters. The van der Waals surface area contributed by atoms with Gasteiger partial charge in [0.15, 0.2) is 0 Å². The highest BCUT2D eigenvalue weighted by Gasteiger charge is 2.03. The van der Waals surface area contributed by atoms with E-state index in [1.807, 2.05) is 30.5 Å². The summed E-state index contributed by atoms with van der Waals surface area (Å²) in [5.74, 6) is 0. The highest BCUT2D eigenvalue weighted by atomic mass is 35.5. The summed E-state index contributed by atoms with van der Waals surface area (Å²) in [7, 11) is 0. The summed E-state index contributed by atoms with van der Waals surface area (Å²) in [6.07, 6.45) is 6.52. The molecule has 1 aromatic carbocycles. The molecule has 4 nitrogen and oxygen atoms in total. The Labute approximate surface area is 118 Å². The monoisotopic (exact) mass is 279 g/mol. The van der Waals surface area contributed by atoms with Crippen LogP contribution in [0.1, 0.15) is 19.3 Å². The number of nitrogens with one attached hydrogen (secondary N) is 1. The summed E-state index contributed by atoms with van der Waals surface area (Å²) in [4.78, 5) is 0. The van der Waals surface area contributed by atoms with E-state index in [9.17, 15) is 0 Å². The van der Waals surface area contributed by atoms with Gasteiger partial charge in [-0.2, -0.15) is 5.10 Å². The Kier molecular flexibility index (Phi) is 5.24. The fourth-order valence-corrected chi connectivity index (χ4v) is 2.13. The lowest BCUT2D eigenvalue weighted by Crippen LogP contribution is -2.03. The molecule has 0 radical (unpaired) electrons. The fraction of sp³-hybridized carbons (Fsp3) is 0.357. The maximum atomic E-state index is 8.69. The summed E-state index contributed by atoms with van der Waals surface area (Å²) in [6.45, 7) is 1.15. The number of nitrogens with zero attached hydrogens (tertiary/aromatic N) is 2. The largest absolute Gasteiger partial charge is 0.396 e. The summed E-state index contributed by atoms with van der Waals surface area (Å²) in [5, 5.41) is 16.8. The molecule has 1 aromatic heterocycles. The van der Waals surface area contributed by atoms with Gasteiger partial charge in [0.05, 0.1) is 10.7 Å². The number of unbranched alkanes of at least 4 members (excludes halogenated alkanes) is 2. The molecule has 19 heavy (non-hydrogen) atoms. The molecule has 2 aromatic rings. The molecule has 0 aliphatic rings. The Morgan fingerprint density at radius 1 is 1.26 bits per heavy atom. The Morgan fingerprint density at radius 2 is 2.16 bits per heavy atom. The van der Waals surface area contributed by atoms with Crippen molar-refractivity contribution in [3.8, 4) is 5.69 Å². The molecule has 0 atom stereocenters. The van der Waals surface area contributed by atoms with E-state index in [4.69, 9.17) is 16.7 Å². The Balaban J connectivity index is 1.92. The van der Waals surface area contributed by atoms with Crippen LogP contribution in [0.2, 0.25) is 5.02 Å². The van der Waals surface area contributed by atoms with E-state index in [2.05, 4.69) is 10.4 Å². The molecule has 2 rings (SSSR count). The number of aliphatic hydroxyl groups excluding tert-OH is 1. The normalized spacial score (nSPS) is 10.6. The first-order valence-corrected chi connectivity index (χ1v) is 6.83. The number of hydrogen-bond donors (Lipinski definition) is 2. The van der Waals surface area contributed by atoms with Gasteiger partial charge in [-0.25, -0.2) is 4.68 Å². The van der Waals surface area contributed by atoms with Gasteiger partial charge in [-0.05, 0) is 43.5 Å². The molecule has 2 N–H and O–H groups in total. The van der Waals surface area contributed by atoms with Crippen molar-refractivity contribution in [3.05, 3.63) is 41.7 Å². The van der Waals surface area contributed by atoms with Gasteiger partial charge < -0.3 is 10.4 Å². The molecule has 0 aliphatic heterocycles. The van der Waals surface area contributed by atoms with Crippen LogP contribution in [0.3, 0.4) is 0 Å². The standard InChI is InChI=1S/C14H18ClN3O/c15-13-11-12(16-7-2-1-3-10-19)5-6-14(13)18-9-4-8-17-18/h4-6,8-9,11,16,19H,1-3,7,10H2. The third-order valence-corrected chi connectivity index (χ3v) is 3.17. The van der Waals surface area contributed by atoms with Crippen molar-refractivity contribution < 1.29 is 5.11 Å². The lowest BCUT2D eigenvalue weighted by molar-refractivity contribution is 0.283. The first kappa shape index (κ1) is 13.9. The van der Waals surface area contributed by atoms with Crippen LogP contribution >= 0.6 is 11.6 Å². The SMILES string of the molecule is OCCCCCNc1ccc(-n2cccn2)c(Cl)c1. The average molecular weight is 280 g/mol. The number of aliphatic hydroxyl groups is 1. The maximum Gasteiger partial charge on any atom is 0.0833 e. The van der Waals surface area contributed by atoms with E-state index >= 15 is 0 Å². The van der Waals surface area contributed by atoms with E-state index in [1.54, 1.807) is 10.9 Å². The maximum absolute atomic E-state index is 8.69. The quantitative estimate of drug-likeness (QED) is 0.766. The number of aromatic nitrogens is 2. The molecule has 0 saturated carbocycles. The second kappa shape index (κ2) is 7.16. The van der Waals surface area contributed by atoms with Crippen LogP contribution in [0, 0.1) is 0 Å². The van der Waals surface area contributed by atoms with Crippen LogP contribution in [0.25, 0.3) is 5.69 Å². The molecule has 0 amide bonds. The molecular formula is C14H18ClN3O. The van der Waals surface area contributed by atoms with Gasteiger partial charge in [-0.3, -0.25) is 0 Å². The molecule has 102 valence electrons. The molecule has 5 heteroatoms. The van der Waals surface area contributed by atoms with Crippen LogP contribution in [0.15, 0.2) is 36.7 Å². The summed E-state index contributed by atoms with van der Waals surface area (Å²) in [6, 6.07) is 7.72. The summed E-state index contributed by atoms with van der Waals surface area (Å²) >= 11 is 6.25. The second-order valence-electron chi connectivity index (χ2n) is 4.33. The van der Waals surface area contributed by atoms with E-state index in [0.29, 0.717) is 5.02 Å². The molecule has 0 spiro atoms. The van der Waals surface area contributed by atoms with Crippen LogP contribution in [-0.4, -0.2) is 28.0 Å². The second-order valence-corrected chi connectivity index (χ2v) is 4.74. The Morgan fingerprint density at radius 3 is 2.84 bits per heavy atom. The van der Waals surface area contributed by atoms with Gasteiger partial charge in [-0.15, -0.1) is 0 Å². The van der Waals surface area contributed by atoms with Gasteiger partial charge in [-0.1, -0.05) is 11.6 Å². The Hall–Kier alpha value is -1.52. The first-order valence-electron chi connectivity index (χ1n) is 6.45. The average Bonchev–Trinajstić information content (AvgIpc) is 2.92. The molecule has 0 saturated heterocycles. The van der Waals surface area contributed by atoms with E-state index in [1.165, 1.54) is 0 Å². The first-order chi connectivity index (χ1) is 9.31. The molecule has 0 aliphatic carbocycles. The van der Waals surface area contributed by atoms with Crippen LogP contribution in [0.4, 0.5) is 5.69 Å². The molecular weight excluding hydrogens is 262 g/mol. The molecule has 0 fully saturated rings. The van der Waals surface area contributed by atoms with Crippen LogP contribution in [0.5, 0.6) is 0 Å². The van der Waals surface area contributed by atoms with Gasteiger partial charge in [0.25, 0.3) is 0 Å². The predicted molar refractivity (Wildman–Crippen MR) is 78.0 cm³/mol.